The first-order chi connectivity index (χ1) is 4.84. The van der Waals surface area contributed by atoms with Crippen molar-refractivity contribution in [2.24, 2.45) is 17.8 Å². The molecule has 3 rings (SSSR count). The number of hydrogen-bond donors (Lipinski definition) is 0. The second-order valence-electron chi connectivity index (χ2n) is 3.82. The fourth-order valence-electron chi connectivity index (χ4n) is 2.93. The number of rotatable bonds is 0. The summed E-state index contributed by atoms with van der Waals surface area (Å²) in [6.45, 7) is 0. The lowest BCUT2D eigenvalue weighted by atomic mass is 9.90. The van der Waals surface area contributed by atoms with E-state index in [4.69, 9.17) is 4.74 Å². The Kier molecular flexibility index (Phi) is 0.715. The van der Waals surface area contributed by atoms with Crippen LogP contribution < -0.4 is 0 Å². The van der Waals surface area contributed by atoms with E-state index in [1.807, 2.05) is 0 Å². The average Bonchev–Trinajstić information content (AvgIpc) is 2.44. The third-order valence-corrected chi connectivity index (χ3v) is 3.32. The van der Waals surface area contributed by atoms with Crippen LogP contribution in [0.15, 0.2) is 0 Å². The van der Waals surface area contributed by atoms with E-state index >= 15 is 0 Å². The highest BCUT2D eigenvalue weighted by Gasteiger charge is 2.56. The van der Waals surface area contributed by atoms with Crippen LogP contribution in [0.1, 0.15) is 19.3 Å². The van der Waals surface area contributed by atoms with E-state index in [1.54, 1.807) is 0 Å². The van der Waals surface area contributed by atoms with Gasteiger partial charge in [0.05, 0.1) is 5.92 Å². The lowest BCUT2D eigenvalue weighted by molar-refractivity contribution is -0.143. The van der Waals surface area contributed by atoms with E-state index in [-0.39, 0.29) is 5.97 Å². The second-order valence-corrected chi connectivity index (χ2v) is 3.82. The molecule has 4 atom stereocenters. The Morgan fingerprint density at radius 1 is 1.30 bits per heavy atom. The molecular weight excluding hydrogens is 128 g/mol. The highest BCUT2D eigenvalue weighted by Crippen LogP contribution is 2.54. The molecule has 3 aliphatic rings. The third-order valence-electron chi connectivity index (χ3n) is 3.32. The Balaban J connectivity index is 2.05. The summed E-state index contributed by atoms with van der Waals surface area (Å²) in [4.78, 5) is 11.1. The first-order valence-electron chi connectivity index (χ1n) is 4.05. The normalized spacial score (nSPS) is 55.8. The Morgan fingerprint density at radius 2 is 2.20 bits per heavy atom. The predicted octanol–water partition coefficient (Wildman–Crippen LogP) is 0.958. The molecule has 10 heavy (non-hydrogen) atoms. The SMILES string of the molecule is O=C1O[C@H]2C[C@@H]3C[C@@H]2[C@@H]1C3. The molecule has 2 aliphatic carbocycles. The molecular formula is C8H10O2. The molecule has 0 amide bonds. The van der Waals surface area contributed by atoms with Crippen molar-refractivity contribution in [1.82, 2.24) is 0 Å². The van der Waals surface area contributed by atoms with E-state index in [2.05, 4.69) is 0 Å². The zero-order valence-electron chi connectivity index (χ0n) is 5.75. The number of carbonyl (C=O) groups excluding carboxylic acids is 1. The molecule has 2 saturated carbocycles. The zero-order chi connectivity index (χ0) is 6.72. The number of ether oxygens (including phenoxy) is 1. The summed E-state index contributed by atoms with van der Waals surface area (Å²) < 4.78 is 5.20. The van der Waals surface area contributed by atoms with Gasteiger partial charge in [-0.15, -0.1) is 0 Å². The van der Waals surface area contributed by atoms with Gasteiger partial charge in [0.15, 0.2) is 0 Å². The van der Waals surface area contributed by atoms with Gasteiger partial charge >= 0.3 is 5.97 Å². The predicted molar refractivity (Wildman–Crippen MR) is 34.2 cm³/mol. The topological polar surface area (TPSA) is 26.3 Å². The Morgan fingerprint density at radius 3 is 2.80 bits per heavy atom. The first kappa shape index (κ1) is 5.16. The smallest absolute Gasteiger partial charge is 0.309 e. The van der Waals surface area contributed by atoms with Gasteiger partial charge < -0.3 is 4.74 Å². The maximum atomic E-state index is 11.1. The lowest BCUT2D eigenvalue weighted by Crippen LogP contribution is -2.15. The van der Waals surface area contributed by atoms with Crippen LogP contribution in [0.5, 0.6) is 0 Å². The van der Waals surface area contributed by atoms with E-state index in [0.29, 0.717) is 17.9 Å². The molecule has 0 aromatic carbocycles. The van der Waals surface area contributed by atoms with E-state index in [1.165, 1.54) is 6.42 Å². The molecule has 0 aromatic heterocycles. The molecule has 0 N–H and O–H groups in total. The van der Waals surface area contributed by atoms with Crippen molar-refractivity contribution in [3.63, 3.8) is 0 Å². The number of esters is 1. The molecule has 0 aromatic rings. The van der Waals surface area contributed by atoms with Crippen LogP contribution in [-0.4, -0.2) is 12.1 Å². The number of hydrogen-bond acceptors (Lipinski definition) is 2. The minimum absolute atomic E-state index is 0.0926. The van der Waals surface area contributed by atoms with Crippen LogP contribution in [-0.2, 0) is 9.53 Å². The minimum atomic E-state index is 0.0926. The van der Waals surface area contributed by atoms with Crippen LogP contribution in [0.4, 0.5) is 0 Å². The molecule has 2 bridgehead atoms. The summed E-state index contributed by atoms with van der Waals surface area (Å²) in [5.41, 5.74) is 0. The van der Waals surface area contributed by atoms with Crippen molar-refractivity contribution in [1.29, 1.82) is 0 Å². The molecule has 1 saturated heterocycles. The molecule has 54 valence electrons. The molecule has 0 spiro atoms. The Hall–Kier alpha value is -0.530. The lowest BCUT2D eigenvalue weighted by Gasteiger charge is -2.11. The molecule has 1 aliphatic heterocycles. The number of fused-ring (bicyclic) bond motifs is 1. The van der Waals surface area contributed by atoms with E-state index in [9.17, 15) is 4.79 Å². The highest BCUT2D eigenvalue weighted by atomic mass is 16.6. The third kappa shape index (κ3) is 0.414. The maximum Gasteiger partial charge on any atom is 0.309 e. The summed E-state index contributed by atoms with van der Waals surface area (Å²) in [6.07, 6.45) is 3.88. The largest absolute Gasteiger partial charge is 0.462 e. The Bertz CT molecular complexity index is 197. The summed E-state index contributed by atoms with van der Waals surface area (Å²) in [5.74, 6) is 1.85. The van der Waals surface area contributed by atoms with Crippen LogP contribution in [0.3, 0.4) is 0 Å². The van der Waals surface area contributed by atoms with Crippen molar-refractivity contribution >= 4 is 5.97 Å². The van der Waals surface area contributed by atoms with Crippen molar-refractivity contribution in [3.8, 4) is 0 Å². The zero-order valence-corrected chi connectivity index (χ0v) is 5.75. The van der Waals surface area contributed by atoms with Gasteiger partial charge in [-0.05, 0) is 25.2 Å². The summed E-state index contributed by atoms with van der Waals surface area (Å²) >= 11 is 0. The van der Waals surface area contributed by atoms with Gasteiger partial charge in [0.1, 0.15) is 6.10 Å². The van der Waals surface area contributed by atoms with Gasteiger partial charge in [-0.1, -0.05) is 0 Å². The van der Waals surface area contributed by atoms with Crippen LogP contribution >= 0.6 is 0 Å². The standard InChI is InChI=1S/C8H10O2/c9-8-6-2-4-1-5(6)7(3-4)10-8/h4-7H,1-3H2/t4-,5-,6+,7+/m1/s1. The minimum Gasteiger partial charge on any atom is -0.462 e. The fraction of sp³-hybridized carbons (Fsp3) is 0.875. The van der Waals surface area contributed by atoms with Gasteiger partial charge in [-0.2, -0.15) is 0 Å². The van der Waals surface area contributed by atoms with Gasteiger partial charge in [0.25, 0.3) is 0 Å². The first-order valence-corrected chi connectivity index (χ1v) is 4.05. The fourth-order valence-corrected chi connectivity index (χ4v) is 2.93. The second kappa shape index (κ2) is 1.39. The number of carbonyl (C=O) groups is 1. The van der Waals surface area contributed by atoms with Crippen molar-refractivity contribution < 1.29 is 9.53 Å². The van der Waals surface area contributed by atoms with E-state index in [0.717, 1.165) is 18.8 Å². The Labute approximate surface area is 59.6 Å². The molecule has 2 heteroatoms. The molecule has 0 unspecified atom stereocenters. The molecule has 2 nitrogen and oxygen atoms in total. The molecule has 1 heterocycles. The summed E-state index contributed by atoms with van der Waals surface area (Å²) in [5, 5.41) is 0. The summed E-state index contributed by atoms with van der Waals surface area (Å²) in [7, 11) is 0. The molecule has 3 fully saturated rings. The molecule has 0 radical (unpaired) electrons. The monoisotopic (exact) mass is 138 g/mol. The van der Waals surface area contributed by atoms with Crippen molar-refractivity contribution in [2.45, 2.75) is 25.4 Å². The van der Waals surface area contributed by atoms with Crippen LogP contribution in [0.2, 0.25) is 0 Å². The summed E-state index contributed by atoms with van der Waals surface area (Å²) in [6, 6.07) is 0. The quantitative estimate of drug-likeness (QED) is 0.466. The van der Waals surface area contributed by atoms with Gasteiger partial charge in [0.2, 0.25) is 0 Å². The van der Waals surface area contributed by atoms with Crippen molar-refractivity contribution in [2.75, 3.05) is 0 Å². The van der Waals surface area contributed by atoms with Gasteiger partial charge in [0, 0.05) is 5.92 Å². The van der Waals surface area contributed by atoms with Crippen LogP contribution in [0, 0.1) is 17.8 Å². The van der Waals surface area contributed by atoms with Crippen LogP contribution in [0.25, 0.3) is 0 Å². The van der Waals surface area contributed by atoms with Gasteiger partial charge in [-0.3, -0.25) is 4.79 Å². The van der Waals surface area contributed by atoms with Crippen molar-refractivity contribution in [3.05, 3.63) is 0 Å². The van der Waals surface area contributed by atoms with Gasteiger partial charge in [-0.25, -0.2) is 0 Å². The highest BCUT2D eigenvalue weighted by molar-refractivity contribution is 5.76. The average molecular weight is 138 g/mol. The van der Waals surface area contributed by atoms with E-state index < -0.39 is 0 Å². The maximum absolute atomic E-state index is 11.1.